The van der Waals surface area contributed by atoms with Gasteiger partial charge in [0.2, 0.25) is 5.78 Å². The standard InChI is InChI=1S/C46H85OS/c1-3-5-7-9-11-13-15-17-19-21-23-25-27-29-31-33-38-42-48(44-46(47)45-40-36-35-37-41-45)43-39-34-32-30-28-26-24-22-20-18-16-14-12-10-8-6-4-2/h35-37,40-41H,3-34,38-39,42-44H2,1-2H3/q+1. The molecule has 0 N–H and O–H groups in total. The zero-order valence-electron chi connectivity index (χ0n) is 32.9. The number of hydrogen-bond donors (Lipinski definition) is 0. The number of benzene rings is 1. The Balaban J connectivity index is 2.05. The molecule has 0 spiro atoms. The first-order valence-corrected chi connectivity index (χ1v) is 23.7. The van der Waals surface area contributed by atoms with Crippen molar-refractivity contribution in [3.8, 4) is 0 Å². The molecule has 0 amide bonds. The van der Waals surface area contributed by atoms with E-state index in [2.05, 4.69) is 13.8 Å². The minimum atomic E-state index is 0.259. The summed E-state index contributed by atoms with van der Waals surface area (Å²) in [6, 6.07) is 10.1. The molecule has 0 saturated heterocycles. The maximum Gasteiger partial charge on any atom is 0.211 e. The van der Waals surface area contributed by atoms with E-state index in [9.17, 15) is 4.79 Å². The molecule has 0 aliphatic heterocycles. The van der Waals surface area contributed by atoms with Gasteiger partial charge in [0.1, 0.15) is 11.5 Å². The Kier molecular flexibility index (Phi) is 35.4. The minimum absolute atomic E-state index is 0.259. The average molecular weight is 686 g/mol. The lowest BCUT2D eigenvalue weighted by molar-refractivity contribution is 0.102. The van der Waals surface area contributed by atoms with Crippen LogP contribution in [-0.4, -0.2) is 23.0 Å². The minimum Gasteiger partial charge on any atom is -0.289 e. The van der Waals surface area contributed by atoms with Crippen LogP contribution in [0.4, 0.5) is 0 Å². The quantitative estimate of drug-likeness (QED) is 0.0383. The van der Waals surface area contributed by atoms with Gasteiger partial charge in [-0.15, -0.1) is 0 Å². The molecule has 0 fully saturated rings. The Morgan fingerprint density at radius 2 is 0.625 bits per heavy atom. The number of hydrogen-bond acceptors (Lipinski definition) is 1. The van der Waals surface area contributed by atoms with Gasteiger partial charge in [-0.3, -0.25) is 4.79 Å². The van der Waals surface area contributed by atoms with Gasteiger partial charge < -0.3 is 0 Å². The fourth-order valence-corrected chi connectivity index (χ4v) is 9.46. The van der Waals surface area contributed by atoms with Gasteiger partial charge >= 0.3 is 0 Å². The molecule has 48 heavy (non-hydrogen) atoms. The largest absolute Gasteiger partial charge is 0.289 e. The summed E-state index contributed by atoms with van der Waals surface area (Å²) in [7, 11) is 0.259. The highest BCUT2D eigenvalue weighted by atomic mass is 32.2. The van der Waals surface area contributed by atoms with Crippen LogP contribution in [0.25, 0.3) is 0 Å². The molecule has 2 heteroatoms. The average Bonchev–Trinajstić information content (AvgIpc) is 3.11. The molecular weight excluding hydrogens is 601 g/mol. The predicted octanol–water partition coefficient (Wildman–Crippen LogP) is 15.8. The first kappa shape index (κ1) is 45.3. The van der Waals surface area contributed by atoms with Crippen molar-refractivity contribution in [2.75, 3.05) is 17.3 Å². The molecule has 1 aromatic carbocycles. The van der Waals surface area contributed by atoms with Crippen LogP contribution < -0.4 is 0 Å². The van der Waals surface area contributed by atoms with E-state index in [4.69, 9.17) is 0 Å². The summed E-state index contributed by atoms with van der Waals surface area (Å²) < 4.78 is 0. The monoisotopic (exact) mass is 686 g/mol. The van der Waals surface area contributed by atoms with E-state index in [-0.39, 0.29) is 10.9 Å². The zero-order valence-corrected chi connectivity index (χ0v) is 33.7. The van der Waals surface area contributed by atoms with Crippen molar-refractivity contribution in [1.29, 1.82) is 0 Å². The Bertz CT molecular complexity index is 723. The van der Waals surface area contributed by atoms with Gasteiger partial charge in [0, 0.05) is 5.56 Å². The molecule has 0 atom stereocenters. The maximum atomic E-state index is 13.0. The van der Waals surface area contributed by atoms with Crippen LogP contribution in [0, 0.1) is 0 Å². The number of unbranched alkanes of at least 4 members (excludes halogenated alkanes) is 32. The third-order valence-corrected chi connectivity index (χ3v) is 12.9. The van der Waals surface area contributed by atoms with Crippen LogP contribution in [0.1, 0.15) is 243 Å². The van der Waals surface area contributed by atoms with Gasteiger partial charge in [-0.1, -0.05) is 237 Å². The third kappa shape index (κ3) is 31.2. The van der Waals surface area contributed by atoms with Crippen molar-refractivity contribution in [3.05, 3.63) is 35.9 Å². The molecule has 1 aromatic rings. The highest BCUT2D eigenvalue weighted by Gasteiger charge is 2.22. The summed E-state index contributed by atoms with van der Waals surface area (Å²) >= 11 is 0. The van der Waals surface area contributed by atoms with Gasteiger partial charge in [0.05, 0.1) is 0 Å². The summed E-state index contributed by atoms with van der Waals surface area (Å²) in [5.41, 5.74) is 0.916. The lowest BCUT2D eigenvalue weighted by atomic mass is 10.0. The first-order valence-electron chi connectivity index (χ1n) is 22.0. The lowest BCUT2D eigenvalue weighted by Gasteiger charge is -2.09. The normalized spacial score (nSPS) is 11.6. The first-order chi connectivity index (χ1) is 23.8. The second-order valence-electron chi connectivity index (χ2n) is 15.3. The van der Waals surface area contributed by atoms with Gasteiger partial charge in [0.15, 0.2) is 5.75 Å². The van der Waals surface area contributed by atoms with E-state index < -0.39 is 0 Å². The number of carbonyl (C=O) groups excluding carboxylic acids is 1. The van der Waals surface area contributed by atoms with Crippen molar-refractivity contribution < 1.29 is 4.79 Å². The van der Waals surface area contributed by atoms with Crippen molar-refractivity contribution in [2.45, 2.75) is 232 Å². The van der Waals surface area contributed by atoms with Gasteiger partial charge in [-0.2, -0.15) is 0 Å². The molecule has 1 nitrogen and oxygen atoms in total. The summed E-state index contributed by atoms with van der Waals surface area (Å²) in [5.74, 6) is 3.70. The number of Topliss-reactive ketones (excluding diaryl/α,β-unsaturated/α-hetero) is 1. The molecule has 0 saturated carbocycles. The Morgan fingerprint density at radius 3 is 0.896 bits per heavy atom. The SMILES string of the molecule is CCCCCCCCCCCCCCCCCCC[S+](CCCCCCCCCCCCCCCCCCC)CC(=O)c1ccccc1. The summed E-state index contributed by atoms with van der Waals surface area (Å²) in [6.45, 7) is 4.61. The van der Waals surface area contributed by atoms with Gasteiger partial charge in [0.25, 0.3) is 0 Å². The third-order valence-electron chi connectivity index (χ3n) is 10.5. The molecule has 0 aromatic heterocycles. The van der Waals surface area contributed by atoms with E-state index in [1.165, 1.54) is 230 Å². The van der Waals surface area contributed by atoms with E-state index in [1.54, 1.807) is 0 Å². The lowest BCUT2D eigenvalue weighted by Crippen LogP contribution is -2.23. The van der Waals surface area contributed by atoms with Crippen molar-refractivity contribution in [1.82, 2.24) is 0 Å². The topological polar surface area (TPSA) is 17.1 Å². The fraction of sp³-hybridized carbons (Fsp3) is 0.848. The molecule has 0 aliphatic rings. The molecule has 0 aliphatic carbocycles. The van der Waals surface area contributed by atoms with Crippen LogP contribution in [0.3, 0.4) is 0 Å². The Labute approximate surface area is 305 Å². The molecule has 280 valence electrons. The smallest absolute Gasteiger partial charge is 0.211 e. The van der Waals surface area contributed by atoms with E-state index in [0.29, 0.717) is 5.78 Å². The second kappa shape index (κ2) is 37.5. The Morgan fingerprint density at radius 1 is 0.375 bits per heavy atom. The molecule has 0 radical (unpaired) electrons. The van der Waals surface area contributed by atoms with Crippen molar-refractivity contribution in [2.24, 2.45) is 0 Å². The van der Waals surface area contributed by atoms with E-state index in [1.807, 2.05) is 30.3 Å². The van der Waals surface area contributed by atoms with Crippen LogP contribution in [0.5, 0.6) is 0 Å². The second-order valence-corrected chi connectivity index (χ2v) is 17.6. The van der Waals surface area contributed by atoms with Gasteiger partial charge in [-0.25, -0.2) is 0 Å². The molecule has 0 heterocycles. The van der Waals surface area contributed by atoms with Crippen LogP contribution in [0.15, 0.2) is 30.3 Å². The predicted molar refractivity (Wildman–Crippen MR) is 221 cm³/mol. The molecule has 0 bridgehead atoms. The van der Waals surface area contributed by atoms with E-state index >= 15 is 0 Å². The fourth-order valence-electron chi connectivity index (χ4n) is 7.20. The molecular formula is C46H85OS+. The van der Waals surface area contributed by atoms with Crippen LogP contribution in [-0.2, 0) is 10.9 Å². The van der Waals surface area contributed by atoms with Crippen molar-refractivity contribution >= 4 is 16.7 Å². The number of ketones is 1. The zero-order chi connectivity index (χ0) is 34.4. The maximum absolute atomic E-state index is 13.0. The summed E-state index contributed by atoms with van der Waals surface area (Å²) in [5, 5.41) is 0. The molecule has 0 unspecified atom stereocenters. The number of carbonyl (C=O) groups is 1. The highest BCUT2D eigenvalue weighted by molar-refractivity contribution is 7.97. The van der Waals surface area contributed by atoms with Crippen LogP contribution in [0.2, 0.25) is 0 Å². The number of rotatable bonds is 39. The summed E-state index contributed by atoms with van der Waals surface area (Å²) in [4.78, 5) is 13.0. The van der Waals surface area contributed by atoms with E-state index in [0.717, 1.165) is 11.3 Å². The van der Waals surface area contributed by atoms with Crippen LogP contribution >= 0.6 is 0 Å². The summed E-state index contributed by atoms with van der Waals surface area (Å²) in [6.07, 6.45) is 48.5. The van der Waals surface area contributed by atoms with Gasteiger partial charge in [-0.05, 0) is 36.6 Å². The van der Waals surface area contributed by atoms with Crippen molar-refractivity contribution in [3.63, 3.8) is 0 Å². The molecule has 1 rings (SSSR count). The highest BCUT2D eigenvalue weighted by Crippen LogP contribution is 2.17. The Hall–Kier alpha value is -0.760.